The summed E-state index contributed by atoms with van der Waals surface area (Å²) in [6, 6.07) is 17.3. The molecule has 0 unspecified atom stereocenters. The first-order chi connectivity index (χ1) is 12.8. The molecule has 1 heterocycles. The third kappa shape index (κ3) is 4.91. The van der Waals surface area contributed by atoms with Gasteiger partial charge in [-0.1, -0.05) is 39.0 Å². The SMILES string of the molecule is CC(C)(C)c1ccc(Nc2ccc(NC(=O)c3cccc(F)c3)cn2)cc1. The molecule has 0 aliphatic heterocycles. The maximum absolute atomic E-state index is 13.2. The summed E-state index contributed by atoms with van der Waals surface area (Å²) in [6.45, 7) is 6.52. The zero-order valence-corrected chi connectivity index (χ0v) is 15.6. The van der Waals surface area contributed by atoms with Gasteiger partial charge < -0.3 is 10.6 Å². The zero-order chi connectivity index (χ0) is 19.4. The molecule has 3 rings (SSSR count). The second-order valence-electron chi connectivity index (χ2n) is 7.35. The second kappa shape index (κ2) is 7.58. The van der Waals surface area contributed by atoms with Gasteiger partial charge in [0.05, 0.1) is 11.9 Å². The van der Waals surface area contributed by atoms with Crippen molar-refractivity contribution in [2.45, 2.75) is 26.2 Å². The maximum Gasteiger partial charge on any atom is 0.255 e. The largest absolute Gasteiger partial charge is 0.340 e. The Morgan fingerprint density at radius 3 is 2.26 bits per heavy atom. The molecule has 2 aromatic carbocycles. The molecule has 4 nitrogen and oxygen atoms in total. The normalized spacial score (nSPS) is 11.1. The molecule has 0 atom stereocenters. The van der Waals surface area contributed by atoms with Crippen molar-refractivity contribution in [1.29, 1.82) is 0 Å². The van der Waals surface area contributed by atoms with Gasteiger partial charge in [-0.05, 0) is 53.4 Å². The van der Waals surface area contributed by atoms with E-state index in [1.165, 1.54) is 23.8 Å². The van der Waals surface area contributed by atoms with Crippen molar-refractivity contribution in [3.8, 4) is 0 Å². The summed E-state index contributed by atoms with van der Waals surface area (Å²) in [5.74, 6) is -0.158. The molecule has 5 heteroatoms. The lowest BCUT2D eigenvalue weighted by Gasteiger charge is -2.19. The number of nitrogens with one attached hydrogen (secondary N) is 2. The van der Waals surface area contributed by atoms with E-state index in [2.05, 4.69) is 48.5 Å². The Kier molecular flexibility index (Phi) is 5.21. The Hall–Kier alpha value is -3.21. The van der Waals surface area contributed by atoms with E-state index in [0.717, 1.165) is 5.69 Å². The molecule has 138 valence electrons. The molecule has 0 spiro atoms. The molecular formula is C22H22FN3O. The van der Waals surface area contributed by atoms with Crippen molar-refractivity contribution < 1.29 is 9.18 Å². The van der Waals surface area contributed by atoms with Gasteiger partial charge in [0.1, 0.15) is 11.6 Å². The molecule has 2 N–H and O–H groups in total. The van der Waals surface area contributed by atoms with Crippen LogP contribution in [0.4, 0.5) is 21.6 Å². The minimum absolute atomic E-state index is 0.109. The number of amides is 1. The highest BCUT2D eigenvalue weighted by atomic mass is 19.1. The van der Waals surface area contributed by atoms with Crippen LogP contribution in [0.1, 0.15) is 36.7 Å². The van der Waals surface area contributed by atoms with Gasteiger partial charge in [0.25, 0.3) is 5.91 Å². The van der Waals surface area contributed by atoms with Crippen LogP contribution in [0.3, 0.4) is 0 Å². The minimum Gasteiger partial charge on any atom is -0.340 e. The molecule has 0 saturated carbocycles. The van der Waals surface area contributed by atoms with E-state index < -0.39 is 5.82 Å². The summed E-state index contributed by atoms with van der Waals surface area (Å²) in [5, 5.41) is 5.93. The van der Waals surface area contributed by atoms with Crippen LogP contribution >= 0.6 is 0 Å². The van der Waals surface area contributed by atoms with Crippen molar-refractivity contribution in [3.63, 3.8) is 0 Å². The lowest BCUT2D eigenvalue weighted by atomic mass is 9.87. The zero-order valence-electron chi connectivity index (χ0n) is 15.6. The van der Waals surface area contributed by atoms with E-state index in [1.807, 2.05) is 12.1 Å². The number of benzene rings is 2. The fourth-order valence-corrected chi connectivity index (χ4v) is 2.58. The smallest absolute Gasteiger partial charge is 0.255 e. The Labute approximate surface area is 158 Å². The maximum atomic E-state index is 13.2. The van der Waals surface area contributed by atoms with E-state index in [9.17, 15) is 9.18 Å². The first kappa shape index (κ1) is 18.6. The molecule has 1 amide bonds. The summed E-state index contributed by atoms with van der Waals surface area (Å²) in [7, 11) is 0. The number of halogens is 1. The topological polar surface area (TPSA) is 54.0 Å². The second-order valence-corrected chi connectivity index (χ2v) is 7.35. The standard InChI is InChI=1S/C22H22FN3O/c1-22(2,3)16-7-9-18(10-8-16)25-20-12-11-19(14-24-20)26-21(27)15-5-4-6-17(23)13-15/h4-14H,1-3H3,(H,24,25)(H,26,27). The predicted molar refractivity (Wildman–Crippen MR) is 107 cm³/mol. The van der Waals surface area contributed by atoms with Crippen LogP contribution in [0.2, 0.25) is 0 Å². The van der Waals surface area contributed by atoms with Gasteiger partial charge in [0.15, 0.2) is 0 Å². The van der Waals surface area contributed by atoms with Crippen LogP contribution in [0.25, 0.3) is 0 Å². The van der Waals surface area contributed by atoms with Crippen LogP contribution in [-0.2, 0) is 5.41 Å². The third-order valence-electron chi connectivity index (χ3n) is 4.13. The van der Waals surface area contributed by atoms with Gasteiger partial charge in [-0.3, -0.25) is 4.79 Å². The van der Waals surface area contributed by atoms with Crippen molar-refractivity contribution in [3.05, 3.63) is 83.8 Å². The van der Waals surface area contributed by atoms with E-state index in [4.69, 9.17) is 0 Å². The molecule has 0 aliphatic rings. The minimum atomic E-state index is -0.446. The number of hydrogen-bond acceptors (Lipinski definition) is 3. The van der Waals surface area contributed by atoms with E-state index >= 15 is 0 Å². The van der Waals surface area contributed by atoms with Crippen LogP contribution < -0.4 is 10.6 Å². The van der Waals surface area contributed by atoms with Gasteiger partial charge >= 0.3 is 0 Å². The molecule has 0 saturated heterocycles. The summed E-state index contributed by atoms with van der Waals surface area (Å²) < 4.78 is 13.2. The van der Waals surface area contributed by atoms with Crippen molar-refractivity contribution in [1.82, 2.24) is 4.98 Å². The lowest BCUT2D eigenvalue weighted by Crippen LogP contribution is -2.12. The summed E-state index contributed by atoms with van der Waals surface area (Å²) >= 11 is 0. The molecule has 27 heavy (non-hydrogen) atoms. The van der Waals surface area contributed by atoms with Crippen LogP contribution in [0.15, 0.2) is 66.9 Å². The summed E-state index contributed by atoms with van der Waals surface area (Å²) in [5.41, 5.74) is 3.11. The Bertz CT molecular complexity index is 929. The molecule has 0 fully saturated rings. The number of carbonyl (C=O) groups excluding carboxylic acids is 1. The van der Waals surface area contributed by atoms with Crippen molar-refractivity contribution in [2.24, 2.45) is 0 Å². The Balaban J connectivity index is 1.64. The molecule has 3 aromatic rings. The summed E-state index contributed by atoms with van der Waals surface area (Å²) in [6.07, 6.45) is 1.56. The fraction of sp³-hybridized carbons (Fsp3) is 0.182. The van der Waals surface area contributed by atoms with Crippen LogP contribution in [-0.4, -0.2) is 10.9 Å². The van der Waals surface area contributed by atoms with Gasteiger partial charge in [-0.25, -0.2) is 9.37 Å². The van der Waals surface area contributed by atoms with Crippen molar-refractivity contribution >= 4 is 23.1 Å². The van der Waals surface area contributed by atoms with Crippen LogP contribution in [0, 0.1) is 5.82 Å². The first-order valence-electron chi connectivity index (χ1n) is 8.72. The highest BCUT2D eigenvalue weighted by Gasteiger charge is 2.13. The third-order valence-corrected chi connectivity index (χ3v) is 4.13. The average molecular weight is 363 g/mol. The van der Waals surface area contributed by atoms with E-state index in [1.54, 1.807) is 24.4 Å². The van der Waals surface area contributed by atoms with Crippen molar-refractivity contribution in [2.75, 3.05) is 10.6 Å². The number of pyridine rings is 1. The van der Waals surface area contributed by atoms with Gasteiger partial charge in [0.2, 0.25) is 0 Å². The number of rotatable bonds is 4. The number of aromatic nitrogens is 1. The monoisotopic (exact) mass is 363 g/mol. The number of anilines is 3. The molecule has 1 aromatic heterocycles. The van der Waals surface area contributed by atoms with Crippen LogP contribution in [0.5, 0.6) is 0 Å². The first-order valence-corrected chi connectivity index (χ1v) is 8.72. The molecule has 0 radical (unpaired) electrons. The van der Waals surface area contributed by atoms with Gasteiger partial charge in [-0.2, -0.15) is 0 Å². The lowest BCUT2D eigenvalue weighted by molar-refractivity contribution is 0.102. The number of carbonyl (C=O) groups is 1. The molecule has 0 aliphatic carbocycles. The Morgan fingerprint density at radius 2 is 1.67 bits per heavy atom. The number of hydrogen-bond donors (Lipinski definition) is 2. The van der Waals surface area contributed by atoms with E-state index in [0.29, 0.717) is 11.5 Å². The summed E-state index contributed by atoms with van der Waals surface area (Å²) in [4.78, 5) is 16.4. The fourth-order valence-electron chi connectivity index (χ4n) is 2.58. The molecular weight excluding hydrogens is 341 g/mol. The highest BCUT2D eigenvalue weighted by Crippen LogP contribution is 2.24. The van der Waals surface area contributed by atoms with E-state index in [-0.39, 0.29) is 16.9 Å². The predicted octanol–water partition coefficient (Wildman–Crippen LogP) is 5.51. The number of nitrogens with zero attached hydrogens (tertiary/aromatic N) is 1. The van der Waals surface area contributed by atoms with Gasteiger partial charge in [0, 0.05) is 11.3 Å². The quantitative estimate of drug-likeness (QED) is 0.642. The highest BCUT2D eigenvalue weighted by molar-refractivity contribution is 6.04. The van der Waals surface area contributed by atoms with Gasteiger partial charge in [-0.15, -0.1) is 0 Å². The Morgan fingerprint density at radius 1 is 0.963 bits per heavy atom. The average Bonchev–Trinajstić information content (AvgIpc) is 2.63. The molecule has 0 bridgehead atoms.